The van der Waals surface area contributed by atoms with Crippen LogP contribution in [-0.4, -0.2) is 0 Å². The summed E-state index contributed by atoms with van der Waals surface area (Å²) in [4.78, 5) is 0. The molecule has 0 aromatic heterocycles. The van der Waals surface area contributed by atoms with Gasteiger partial charge in [0.25, 0.3) is 0 Å². The second-order valence-corrected chi connectivity index (χ2v) is 7.29. The van der Waals surface area contributed by atoms with Gasteiger partial charge in [0.1, 0.15) is 0 Å². The fraction of sp³-hybridized carbons (Fsp3) is 0.250. The van der Waals surface area contributed by atoms with Crippen LogP contribution in [0, 0.1) is 5.92 Å². The number of benzene rings is 2. The summed E-state index contributed by atoms with van der Waals surface area (Å²) >= 11 is 0. The van der Waals surface area contributed by atoms with Crippen LogP contribution in [0.2, 0.25) is 0 Å². The van der Waals surface area contributed by atoms with Gasteiger partial charge < -0.3 is 0 Å². The van der Waals surface area contributed by atoms with E-state index in [9.17, 15) is 0 Å². The predicted molar refractivity (Wildman–Crippen MR) is 104 cm³/mol. The van der Waals surface area contributed by atoms with Crippen molar-refractivity contribution >= 4 is 11.6 Å². The van der Waals surface area contributed by atoms with E-state index in [0.717, 1.165) is 12.8 Å². The lowest BCUT2D eigenvalue weighted by molar-refractivity contribution is 0.584. The van der Waals surface area contributed by atoms with E-state index in [-0.39, 0.29) is 0 Å². The maximum absolute atomic E-state index is 2.38. The van der Waals surface area contributed by atoms with Gasteiger partial charge in [-0.3, -0.25) is 0 Å². The average molecular weight is 312 g/mol. The Kier molecular flexibility index (Phi) is 3.98. The van der Waals surface area contributed by atoms with Crippen LogP contribution in [0.15, 0.2) is 72.3 Å². The van der Waals surface area contributed by atoms with Gasteiger partial charge in [0.05, 0.1) is 0 Å². The fourth-order valence-electron chi connectivity index (χ4n) is 3.85. The number of fused-ring (bicyclic) bond motifs is 1. The Bertz CT molecular complexity index is 832. The lowest BCUT2D eigenvalue weighted by Crippen LogP contribution is -2.01. The average Bonchev–Trinajstić information content (AvgIpc) is 3.22. The van der Waals surface area contributed by atoms with Crippen molar-refractivity contribution in [3.63, 3.8) is 0 Å². The summed E-state index contributed by atoms with van der Waals surface area (Å²) in [6.45, 7) is 4.61. The Morgan fingerprint density at radius 2 is 1.88 bits per heavy atom. The van der Waals surface area contributed by atoms with Crippen LogP contribution in [0.25, 0.3) is 11.6 Å². The first-order chi connectivity index (χ1) is 11.7. The number of hydrogen-bond acceptors (Lipinski definition) is 0. The van der Waals surface area contributed by atoms with E-state index in [0.29, 0.717) is 11.8 Å². The molecule has 120 valence electrons. The molecule has 0 bridgehead atoms. The van der Waals surface area contributed by atoms with Crippen LogP contribution in [0.5, 0.6) is 0 Å². The van der Waals surface area contributed by atoms with E-state index in [1.54, 1.807) is 0 Å². The smallest absolute Gasteiger partial charge is 0.00502 e. The SMILES string of the molecule is CC(C)C1C=Cc2cc(C3=CC(Cc4ccccc4)=CC3)ccc21. The Hall–Kier alpha value is -2.34. The van der Waals surface area contributed by atoms with Crippen LogP contribution in [0.3, 0.4) is 0 Å². The first kappa shape index (κ1) is 15.2. The fourth-order valence-corrected chi connectivity index (χ4v) is 3.85. The minimum absolute atomic E-state index is 0.582. The van der Waals surface area contributed by atoms with Gasteiger partial charge in [-0.15, -0.1) is 0 Å². The Morgan fingerprint density at radius 1 is 1.04 bits per heavy atom. The number of allylic oxidation sites excluding steroid dienone is 5. The maximum Gasteiger partial charge on any atom is 0.00502 e. The highest BCUT2D eigenvalue weighted by molar-refractivity contribution is 5.76. The van der Waals surface area contributed by atoms with Crippen molar-refractivity contribution in [2.24, 2.45) is 5.92 Å². The highest BCUT2D eigenvalue weighted by Crippen LogP contribution is 2.38. The van der Waals surface area contributed by atoms with Crippen molar-refractivity contribution in [3.05, 3.63) is 94.6 Å². The molecule has 2 aliphatic rings. The van der Waals surface area contributed by atoms with Crippen molar-refractivity contribution in [2.45, 2.75) is 32.6 Å². The Labute approximate surface area is 145 Å². The minimum atomic E-state index is 0.582. The van der Waals surface area contributed by atoms with Gasteiger partial charge in [0.2, 0.25) is 0 Å². The van der Waals surface area contributed by atoms with Gasteiger partial charge in [0.15, 0.2) is 0 Å². The second-order valence-electron chi connectivity index (χ2n) is 7.29. The van der Waals surface area contributed by atoms with Gasteiger partial charge in [-0.1, -0.05) is 80.6 Å². The molecule has 2 aliphatic carbocycles. The molecule has 0 saturated heterocycles. The summed E-state index contributed by atoms with van der Waals surface area (Å²) in [5, 5.41) is 0. The maximum atomic E-state index is 2.38. The third kappa shape index (κ3) is 2.89. The third-order valence-electron chi connectivity index (χ3n) is 5.21. The molecule has 0 aliphatic heterocycles. The van der Waals surface area contributed by atoms with Crippen LogP contribution in [0.1, 0.15) is 48.4 Å². The van der Waals surface area contributed by atoms with Crippen molar-refractivity contribution < 1.29 is 0 Å². The summed E-state index contributed by atoms with van der Waals surface area (Å²) < 4.78 is 0. The molecule has 0 amide bonds. The molecule has 0 N–H and O–H groups in total. The lowest BCUT2D eigenvalue weighted by Gasteiger charge is -2.15. The topological polar surface area (TPSA) is 0 Å². The zero-order valence-electron chi connectivity index (χ0n) is 14.5. The lowest BCUT2D eigenvalue weighted by atomic mass is 9.89. The normalized spacial score (nSPS) is 18.7. The minimum Gasteiger partial charge on any atom is -0.0765 e. The molecule has 0 heterocycles. The van der Waals surface area contributed by atoms with Gasteiger partial charge in [-0.05, 0) is 58.2 Å². The molecular formula is C24H24. The molecule has 24 heavy (non-hydrogen) atoms. The molecule has 2 aromatic rings. The highest BCUT2D eigenvalue weighted by Gasteiger charge is 2.21. The van der Waals surface area contributed by atoms with Crippen molar-refractivity contribution in [1.82, 2.24) is 0 Å². The van der Waals surface area contributed by atoms with Crippen LogP contribution in [-0.2, 0) is 6.42 Å². The molecule has 0 saturated carbocycles. The molecule has 1 atom stereocenters. The first-order valence-corrected chi connectivity index (χ1v) is 8.97. The molecule has 0 fully saturated rings. The van der Waals surface area contributed by atoms with Crippen molar-refractivity contribution in [3.8, 4) is 0 Å². The third-order valence-corrected chi connectivity index (χ3v) is 5.21. The molecule has 0 spiro atoms. The number of hydrogen-bond donors (Lipinski definition) is 0. The largest absolute Gasteiger partial charge is 0.0765 e. The Morgan fingerprint density at radius 3 is 2.67 bits per heavy atom. The molecule has 0 heteroatoms. The summed E-state index contributed by atoms with van der Waals surface area (Å²) in [6.07, 6.45) is 11.5. The van der Waals surface area contributed by atoms with Crippen LogP contribution in [0.4, 0.5) is 0 Å². The monoisotopic (exact) mass is 312 g/mol. The quantitative estimate of drug-likeness (QED) is 0.612. The van der Waals surface area contributed by atoms with Crippen molar-refractivity contribution in [1.29, 1.82) is 0 Å². The summed E-state index contributed by atoms with van der Waals surface area (Å²) in [5.41, 5.74) is 8.55. The van der Waals surface area contributed by atoms with Gasteiger partial charge >= 0.3 is 0 Å². The molecule has 0 radical (unpaired) electrons. The van der Waals surface area contributed by atoms with Gasteiger partial charge in [-0.2, -0.15) is 0 Å². The second kappa shape index (κ2) is 6.28. The van der Waals surface area contributed by atoms with E-state index in [1.165, 1.54) is 33.4 Å². The molecular weight excluding hydrogens is 288 g/mol. The van der Waals surface area contributed by atoms with Crippen LogP contribution < -0.4 is 0 Å². The van der Waals surface area contributed by atoms with E-state index >= 15 is 0 Å². The van der Waals surface area contributed by atoms with E-state index < -0.39 is 0 Å². The summed E-state index contributed by atoms with van der Waals surface area (Å²) in [5.74, 6) is 1.25. The highest BCUT2D eigenvalue weighted by atomic mass is 14.3. The Balaban J connectivity index is 1.54. The summed E-state index contributed by atoms with van der Waals surface area (Å²) in [7, 11) is 0. The predicted octanol–water partition coefficient (Wildman–Crippen LogP) is 6.41. The molecule has 0 nitrogen and oxygen atoms in total. The van der Waals surface area contributed by atoms with Crippen molar-refractivity contribution in [2.75, 3.05) is 0 Å². The first-order valence-electron chi connectivity index (χ1n) is 8.97. The molecule has 2 aromatic carbocycles. The molecule has 1 unspecified atom stereocenters. The summed E-state index contributed by atoms with van der Waals surface area (Å²) in [6, 6.07) is 17.8. The van der Waals surface area contributed by atoms with Gasteiger partial charge in [-0.25, -0.2) is 0 Å². The zero-order chi connectivity index (χ0) is 16.5. The zero-order valence-corrected chi connectivity index (χ0v) is 14.5. The number of rotatable bonds is 4. The van der Waals surface area contributed by atoms with Gasteiger partial charge in [0, 0.05) is 5.92 Å². The van der Waals surface area contributed by atoms with E-state index in [4.69, 9.17) is 0 Å². The molecule has 4 rings (SSSR count). The van der Waals surface area contributed by atoms with E-state index in [2.05, 4.69) is 86.7 Å². The van der Waals surface area contributed by atoms with Crippen LogP contribution >= 0.6 is 0 Å². The standard InChI is InChI=1S/C24H24/c1-17(2)23-12-11-22-16-21(10-13-24(22)23)20-9-8-19(15-20)14-18-6-4-3-5-7-18/h3-8,10-13,15-17,23H,9,14H2,1-2H3. The van der Waals surface area contributed by atoms with E-state index in [1.807, 2.05) is 0 Å².